The van der Waals surface area contributed by atoms with Gasteiger partial charge in [-0.1, -0.05) is 11.6 Å². The summed E-state index contributed by atoms with van der Waals surface area (Å²) in [5.74, 6) is -0.00868. The topological polar surface area (TPSA) is 88.3 Å². The summed E-state index contributed by atoms with van der Waals surface area (Å²) >= 11 is 5.74. The Morgan fingerprint density at radius 2 is 1.96 bits per heavy atom. The normalized spacial score (nSPS) is 12.7. The zero-order chi connectivity index (χ0) is 17.9. The van der Waals surface area contributed by atoms with E-state index in [1.54, 1.807) is 0 Å². The average Bonchev–Trinajstić information content (AvgIpc) is 2.52. The van der Waals surface area contributed by atoms with Gasteiger partial charge in [0.1, 0.15) is 5.82 Å². The summed E-state index contributed by atoms with van der Waals surface area (Å²) in [6, 6.07) is 5.97. The van der Waals surface area contributed by atoms with Crippen LogP contribution in [-0.4, -0.2) is 21.6 Å². The van der Waals surface area contributed by atoms with Crippen molar-refractivity contribution in [1.29, 1.82) is 0 Å². The van der Waals surface area contributed by atoms with E-state index in [9.17, 15) is 28.4 Å². The number of nitrogens with one attached hydrogen (secondary N) is 1. The van der Waals surface area contributed by atoms with Crippen molar-refractivity contribution in [3.05, 3.63) is 62.8 Å². The van der Waals surface area contributed by atoms with Crippen molar-refractivity contribution < 1.29 is 23.2 Å². The number of anilines is 1. The van der Waals surface area contributed by atoms with Gasteiger partial charge in [-0.2, -0.15) is 13.2 Å². The predicted octanol–water partition coefficient (Wildman–Crippen LogP) is 3.81. The Morgan fingerprint density at radius 3 is 2.46 bits per heavy atom. The Bertz CT molecular complexity index is 738. The second-order valence-electron chi connectivity index (χ2n) is 4.80. The van der Waals surface area contributed by atoms with Gasteiger partial charge in [0.05, 0.1) is 21.6 Å². The Balaban J connectivity index is 2.03. The molecule has 0 saturated heterocycles. The maximum Gasteiger partial charge on any atom is 0.417 e. The van der Waals surface area contributed by atoms with Gasteiger partial charge in [-0.05, 0) is 23.8 Å². The first-order valence-corrected chi connectivity index (χ1v) is 6.95. The smallest absolute Gasteiger partial charge is 0.387 e. The maximum absolute atomic E-state index is 12.5. The van der Waals surface area contributed by atoms with Gasteiger partial charge in [-0.15, -0.1) is 0 Å². The molecule has 0 aliphatic rings. The van der Waals surface area contributed by atoms with E-state index in [0.717, 1.165) is 6.07 Å². The van der Waals surface area contributed by atoms with Crippen LogP contribution in [0.5, 0.6) is 0 Å². The van der Waals surface area contributed by atoms with Gasteiger partial charge in [-0.25, -0.2) is 4.98 Å². The summed E-state index contributed by atoms with van der Waals surface area (Å²) in [4.78, 5) is 13.6. The number of nitrogens with zero attached hydrogens (tertiary/aromatic N) is 2. The van der Waals surface area contributed by atoms with Crippen molar-refractivity contribution >= 4 is 23.1 Å². The van der Waals surface area contributed by atoms with E-state index >= 15 is 0 Å². The quantitative estimate of drug-likeness (QED) is 0.624. The lowest BCUT2D eigenvalue weighted by molar-refractivity contribution is -0.384. The van der Waals surface area contributed by atoms with Crippen molar-refractivity contribution in [2.24, 2.45) is 0 Å². The third-order valence-electron chi connectivity index (χ3n) is 3.12. The Kier molecular flexibility index (Phi) is 5.25. The van der Waals surface area contributed by atoms with Crippen molar-refractivity contribution in [1.82, 2.24) is 4.98 Å². The van der Waals surface area contributed by atoms with Gasteiger partial charge in [0.15, 0.2) is 0 Å². The Morgan fingerprint density at radius 1 is 1.33 bits per heavy atom. The van der Waals surface area contributed by atoms with Crippen LogP contribution in [-0.2, 0) is 6.18 Å². The van der Waals surface area contributed by atoms with Crippen molar-refractivity contribution in [3.8, 4) is 0 Å². The van der Waals surface area contributed by atoms with Crippen molar-refractivity contribution in [2.45, 2.75) is 12.3 Å². The summed E-state index contributed by atoms with van der Waals surface area (Å²) < 4.78 is 37.6. The molecule has 0 aliphatic heterocycles. The lowest BCUT2D eigenvalue weighted by atomic mass is 10.1. The number of aliphatic hydroxyl groups excluding tert-OH is 1. The number of nitro groups is 1. The largest absolute Gasteiger partial charge is 0.417 e. The number of aromatic nitrogens is 1. The number of rotatable bonds is 5. The lowest BCUT2D eigenvalue weighted by Gasteiger charge is -2.14. The molecule has 0 aliphatic carbocycles. The van der Waals surface area contributed by atoms with Crippen LogP contribution in [0.4, 0.5) is 24.7 Å². The second kappa shape index (κ2) is 7.02. The van der Waals surface area contributed by atoms with E-state index in [1.807, 2.05) is 0 Å². The third-order valence-corrected chi connectivity index (χ3v) is 3.41. The Labute approximate surface area is 139 Å². The van der Waals surface area contributed by atoms with Gasteiger partial charge in [0, 0.05) is 24.9 Å². The fourth-order valence-electron chi connectivity index (χ4n) is 1.85. The van der Waals surface area contributed by atoms with Crippen LogP contribution in [0.3, 0.4) is 0 Å². The first kappa shape index (κ1) is 18.0. The van der Waals surface area contributed by atoms with E-state index in [2.05, 4.69) is 10.3 Å². The van der Waals surface area contributed by atoms with Gasteiger partial charge in [-0.3, -0.25) is 10.1 Å². The van der Waals surface area contributed by atoms with E-state index in [-0.39, 0.29) is 23.1 Å². The average molecular weight is 362 g/mol. The van der Waals surface area contributed by atoms with Crippen LogP contribution >= 0.6 is 11.6 Å². The molecule has 0 radical (unpaired) electrons. The standard InChI is InChI=1S/C14H11ClF3N3O3/c15-11-5-9(14(16,17)18)6-19-13(11)20-7-12(22)8-1-3-10(4-2-8)21(23)24/h1-6,12,22H,7H2,(H,19,20)/t12-/m1/s1. The van der Waals surface area contributed by atoms with Crippen LogP contribution in [0.15, 0.2) is 36.5 Å². The fourth-order valence-corrected chi connectivity index (χ4v) is 2.09. The molecule has 0 amide bonds. The molecule has 1 aromatic carbocycles. The summed E-state index contributed by atoms with van der Waals surface area (Å²) in [6.45, 7) is -0.0874. The summed E-state index contributed by atoms with van der Waals surface area (Å²) in [5.41, 5.74) is -0.698. The van der Waals surface area contributed by atoms with Gasteiger partial charge in [0.2, 0.25) is 0 Å². The first-order valence-electron chi connectivity index (χ1n) is 6.57. The van der Waals surface area contributed by atoms with Crippen LogP contribution in [0, 0.1) is 10.1 Å². The number of non-ortho nitro benzene ring substituents is 1. The Hall–Kier alpha value is -2.39. The number of hydrogen-bond acceptors (Lipinski definition) is 5. The molecule has 0 saturated carbocycles. The summed E-state index contributed by atoms with van der Waals surface area (Å²) in [6.07, 6.45) is -4.97. The zero-order valence-electron chi connectivity index (χ0n) is 11.9. The molecule has 6 nitrogen and oxygen atoms in total. The number of halogens is 4. The zero-order valence-corrected chi connectivity index (χ0v) is 12.7. The molecule has 128 valence electrons. The monoisotopic (exact) mass is 361 g/mol. The molecule has 0 bridgehead atoms. The highest BCUT2D eigenvalue weighted by atomic mass is 35.5. The molecule has 0 spiro atoms. The lowest BCUT2D eigenvalue weighted by Crippen LogP contribution is -2.14. The molecule has 2 aromatic rings. The molecule has 1 atom stereocenters. The van der Waals surface area contributed by atoms with Crippen LogP contribution in [0.2, 0.25) is 5.02 Å². The van der Waals surface area contributed by atoms with Gasteiger partial charge < -0.3 is 10.4 Å². The molecule has 2 N–H and O–H groups in total. The maximum atomic E-state index is 12.5. The summed E-state index contributed by atoms with van der Waals surface area (Å²) in [7, 11) is 0. The van der Waals surface area contributed by atoms with Crippen LogP contribution in [0.25, 0.3) is 0 Å². The minimum atomic E-state index is -4.55. The second-order valence-corrected chi connectivity index (χ2v) is 5.20. The highest BCUT2D eigenvalue weighted by Gasteiger charge is 2.31. The molecule has 0 fully saturated rings. The third kappa shape index (κ3) is 4.33. The number of nitro benzene ring substituents is 1. The minimum Gasteiger partial charge on any atom is -0.387 e. The highest BCUT2D eigenvalue weighted by Crippen LogP contribution is 2.32. The molecule has 1 heterocycles. The van der Waals surface area contributed by atoms with Gasteiger partial charge >= 0.3 is 6.18 Å². The minimum absolute atomic E-state index is 0.00868. The van der Waals surface area contributed by atoms with Crippen LogP contribution in [0.1, 0.15) is 17.2 Å². The van der Waals surface area contributed by atoms with E-state index < -0.39 is 22.8 Å². The summed E-state index contributed by atoms with van der Waals surface area (Å²) in [5, 5.41) is 23.0. The predicted molar refractivity (Wildman–Crippen MR) is 80.8 cm³/mol. The number of alkyl halides is 3. The fraction of sp³-hybridized carbons (Fsp3) is 0.214. The molecule has 1 aromatic heterocycles. The van der Waals surface area contributed by atoms with E-state index in [1.165, 1.54) is 24.3 Å². The molecule has 0 unspecified atom stereocenters. The molecular formula is C14H11ClF3N3O3. The molecule has 2 rings (SSSR count). The SMILES string of the molecule is O=[N+]([O-])c1ccc([C@H](O)CNc2ncc(C(F)(F)F)cc2Cl)cc1. The van der Waals surface area contributed by atoms with Crippen molar-refractivity contribution in [2.75, 3.05) is 11.9 Å². The number of hydrogen-bond donors (Lipinski definition) is 2. The highest BCUT2D eigenvalue weighted by molar-refractivity contribution is 6.32. The first-order chi connectivity index (χ1) is 11.2. The van der Waals surface area contributed by atoms with Crippen LogP contribution < -0.4 is 5.32 Å². The van der Waals surface area contributed by atoms with Crippen molar-refractivity contribution in [3.63, 3.8) is 0 Å². The van der Waals surface area contributed by atoms with E-state index in [0.29, 0.717) is 11.8 Å². The molecular weight excluding hydrogens is 351 g/mol. The number of pyridine rings is 1. The number of benzene rings is 1. The molecule has 24 heavy (non-hydrogen) atoms. The number of aliphatic hydroxyl groups is 1. The van der Waals surface area contributed by atoms with E-state index in [4.69, 9.17) is 11.6 Å². The molecule has 10 heteroatoms. The van der Waals surface area contributed by atoms with Gasteiger partial charge in [0.25, 0.3) is 5.69 Å².